The van der Waals surface area contributed by atoms with E-state index in [1.165, 1.54) is 0 Å². The Hall–Kier alpha value is 0.532. The molecule has 8 aliphatic carbocycles. The molecule has 0 aliphatic heterocycles. The van der Waals surface area contributed by atoms with E-state index < -0.39 is 13.1 Å². The van der Waals surface area contributed by atoms with Gasteiger partial charge in [-0.15, -0.1) is 0 Å². The third-order valence-electron chi connectivity index (χ3n) is 16.1. The molecule has 8 fully saturated rings. The van der Waals surface area contributed by atoms with Crippen LogP contribution in [0, 0.1) is 47.3 Å². The van der Waals surface area contributed by atoms with E-state index in [1.807, 2.05) is 0 Å². The number of rotatable bonds is 4. The van der Waals surface area contributed by atoms with Crippen molar-refractivity contribution in [1.82, 2.24) is 0 Å². The zero-order valence-corrected chi connectivity index (χ0v) is 23.6. The second-order valence-corrected chi connectivity index (χ2v) is 22.4. The molecule has 0 N–H and O–H groups in total. The van der Waals surface area contributed by atoms with Crippen molar-refractivity contribution < 1.29 is 13.1 Å². The molecule has 0 radical (unpaired) electrons. The van der Waals surface area contributed by atoms with Gasteiger partial charge in [0.2, 0.25) is 0 Å². The molecule has 8 saturated carbocycles. The van der Waals surface area contributed by atoms with Gasteiger partial charge in [-0.25, -0.2) is 0 Å². The van der Waals surface area contributed by atoms with Gasteiger partial charge in [-0.2, -0.15) is 0 Å². The molecular formula is C32H52Cr. The summed E-state index contributed by atoms with van der Waals surface area (Å²) in [5, 5.41) is 0. The molecule has 0 spiro atoms. The molecule has 0 heterocycles. The Morgan fingerprint density at radius 3 is 0.667 bits per heavy atom. The molecule has 8 rings (SSSR count). The summed E-state index contributed by atoms with van der Waals surface area (Å²) < 4.78 is 3.37. The van der Waals surface area contributed by atoms with E-state index in [-0.39, 0.29) is 0 Å². The van der Waals surface area contributed by atoms with E-state index >= 15 is 0 Å². The predicted octanol–water partition coefficient (Wildman–Crippen LogP) is 10.1. The number of hydrogen-bond acceptors (Lipinski definition) is 0. The summed E-state index contributed by atoms with van der Waals surface area (Å²) >= 11 is -2.05. The van der Waals surface area contributed by atoms with Crippen LogP contribution in [0.1, 0.15) is 130 Å². The number of fused-ring (bicyclic) bond motifs is 8. The quantitative estimate of drug-likeness (QED) is 0.369. The van der Waals surface area contributed by atoms with E-state index in [2.05, 4.69) is 27.7 Å². The summed E-state index contributed by atoms with van der Waals surface area (Å²) in [5.41, 5.74) is 0. The zero-order chi connectivity index (χ0) is 22.4. The van der Waals surface area contributed by atoms with Crippen molar-refractivity contribution in [2.45, 2.75) is 148 Å². The monoisotopic (exact) mass is 488 g/mol. The van der Waals surface area contributed by atoms with Gasteiger partial charge in [0.05, 0.1) is 0 Å². The summed E-state index contributed by atoms with van der Waals surface area (Å²) in [6.07, 6.45) is 26.7. The molecule has 33 heavy (non-hydrogen) atoms. The van der Waals surface area contributed by atoms with Gasteiger partial charge in [0.1, 0.15) is 0 Å². The van der Waals surface area contributed by atoms with Crippen LogP contribution in [0.3, 0.4) is 0 Å². The maximum atomic E-state index is 2.87. The molecule has 8 bridgehead atoms. The first kappa shape index (κ1) is 21.6. The third-order valence-corrected chi connectivity index (χ3v) is 28.6. The standard InChI is InChI=1S/4C8H13.Cr/c4*1-6-7-2-3-8(6)5-4-7;/h4*6-7H,2-5H2,1H3;. The zero-order valence-electron chi connectivity index (χ0n) is 22.3. The van der Waals surface area contributed by atoms with Crippen LogP contribution in [-0.2, 0) is 13.1 Å². The van der Waals surface area contributed by atoms with Crippen molar-refractivity contribution in [3.05, 3.63) is 0 Å². The van der Waals surface area contributed by atoms with Crippen LogP contribution >= 0.6 is 0 Å². The Balaban J connectivity index is 1.50. The van der Waals surface area contributed by atoms with Gasteiger partial charge >= 0.3 is 208 Å². The Bertz CT molecular complexity index is 681. The molecule has 4 atom stereocenters. The molecule has 0 amide bonds. The van der Waals surface area contributed by atoms with Gasteiger partial charge < -0.3 is 0 Å². The van der Waals surface area contributed by atoms with Gasteiger partial charge in [0.25, 0.3) is 0 Å². The topological polar surface area (TPSA) is 0 Å². The van der Waals surface area contributed by atoms with Crippen molar-refractivity contribution in [3.63, 3.8) is 0 Å². The summed E-state index contributed by atoms with van der Waals surface area (Å²) in [6, 6.07) is 0. The van der Waals surface area contributed by atoms with E-state index in [4.69, 9.17) is 0 Å². The van der Waals surface area contributed by atoms with Gasteiger partial charge in [0, 0.05) is 0 Å². The van der Waals surface area contributed by atoms with Crippen LogP contribution in [0.5, 0.6) is 0 Å². The summed E-state index contributed by atoms with van der Waals surface area (Å²) in [4.78, 5) is 0. The SMILES string of the molecule is CC1C2CC[C]1([Cr]([C]13CCC(CC1)C3C)([C]13CCC(CC1)C3C)[C]13CCC(CC1)C3C)CC2. The second-order valence-electron chi connectivity index (χ2n) is 15.4. The maximum absolute atomic E-state index is 2.87. The summed E-state index contributed by atoms with van der Waals surface area (Å²) in [6.45, 7) is 11.5. The van der Waals surface area contributed by atoms with Crippen molar-refractivity contribution in [2.75, 3.05) is 0 Å². The van der Waals surface area contributed by atoms with Gasteiger partial charge in [0.15, 0.2) is 0 Å². The number of hydrogen-bond donors (Lipinski definition) is 0. The first-order valence-electron chi connectivity index (χ1n) is 15.7. The first-order chi connectivity index (χ1) is 15.9. The molecule has 186 valence electrons. The third kappa shape index (κ3) is 1.96. The Labute approximate surface area is 207 Å². The van der Waals surface area contributed by atoms with Crippen LogP contribution in [0.15, 0.2) is 0 Å². The average Bonchev–Trinajstić information content (AvgIpc) is 3.73. The fraction of sp³-hybridized carbons (Fsp3) is 1.00. The fourth-order valence-electron chi connectivity index (χ4n) is 14.8. The van der Waals surface area contributed by atoms with Gasteiger partial charge in [-0.1, -0.05) is 0 Å². The molecule has 8 aliphatic rings. The van der Waals surface area contributed by atoms with Crippen molar-refractivity contribution in [2.24, 2.45) is 47.3 Å². The minimum atomic E-state index is -2.05. The van der Waals surface area contributed by atoms with E-state index in [1.54, 1.807) is 103 Å². The summed E-state index contributed by atoms with van der Waals surface area (Å²) in [5.74, 6) is 8.79. The van der Waals surface area contributed by atoms with Crippen LogP contribution in [0.4, 0.5) is 0 Å². The van der Waals surface area contributed by atoms with Crippen LogP contribution in [-0.4, -0.2) is 0 Å². The summed E-state index contributed by atoms with van der Waals surface area (Å²) in [7, 11) is 0. The van der Waals surface area contributed by atoms with Crippen LogP contribution in [0.2, 0.25) is 17.1 Å². The molecular weight excluding hydrogens is 436 g/mol. The van der Waals surface area contributed by atoms with Crippen LogP contribution < -0.4 is 0 Å². The van der Waals surface area contributed by atoms with Crippen molar-refractivity contribution in [1.29, 1.82) is 0 Å². The molecule has 0 aromatic heterocycles. The van der Waals surface area contributed by atoms with Gasteiger partial charge in [-0.05, 0) is 0 Å². The minimum absolute atomic E-state index is 0.843. The van der Waals surface area contributed by atoms with E-state index in [0.717, 1.165) is 64.5 Å². The molecule has 0 aromatic carbocycles. The van der Waals surface area contributed by atoms with E-state index in [0.29, 0.717) is 0 Å². The normalized spacial score (nSPS) is 65.3. The Morgan fingerprint density at radius 1 is 0.364 bits per heavy atom. The average molecular weight is 489 g/mol. The van der Waals surface area contributed by atoms with Crippen molar-refractivity contribution >= 4 is 0 Å². The predicted molar refractivity (Wildman–Crippen MR) is 135 cm³/mol. The second kappa shape index (κ2) is 6.50. The molecule has 0 saturated heterocycles. The first-order valence-corrected chi connectivity index (χ1v) is 18.3. The Kier molecular flexibility index (Phi) is 4.26. The Morgan fingerprint density at radius 2 is 0.545 bits per heavy atom. The molecule has 4 unspecified atom stereocenters. The van der Waals surface area contributed by atoms with E-state index in [9.17, 15) is 0 Å². The van der Waals surface area contributed by atoms with Crippen LogP contribution in [0.25, 0.3) is 0 Å². The fourth-order valence-corrected chi connectivity index (χ4v) is 32.4. The molecule has 0 nitrogen and oxygen atoms in total. The van der Waals surface area contributed by atoms with Crippen molar-refractivity contribution in [3.8, 4) is 0 Å². The molecule has 0 aromatic rings. The van der Waals surface area contributed by atoms with Gasteiger partial charge in [-0.3, -0.25) is 0 Å². The molecule has 1 heteroatoms.